The van der Waals surface area contributed by atoms with Crippen LogP contribution in [-0.2, 0) is 0 Å². The minimum Gasteiger partial charge on any atom is -0.493 e. The SMILES string of the molecule is COc1cc2nc(C)c(I)c(=O)n2cc1OC. The normalized spacial score (nSPS) is 10.6. The molecule has 0 saturated carbocycles. The van der Waals surface area contributed by atoms with E-state index in [9.17, 15) is 4.79 Å². The lowest BCUT2D eigenvalue weighted by atomic mass is 10.3. The van der Waals surface area contributed by atoms with Crippen molar-refractivity contribution in [3.63, 3.8) is 0 Å². The van der Waals surface area contributed by atoms with E-state index in [0.29, 0.717) is 26.4 Å². The number of halogens is 1. The van der Waals surface area contributed by atoms with Crippen LogP contribution in [0, 0.1) is 10.5 Å². The summed E-state index contributed by atoms with van der Waals surface area (Å²) in [5.41, 5.74) is 1.16. The number of hydrogen-bond acceptors (Lipinski definition) is 4. The first kappa shape index (κ1) is 12.2. The third-order valence-electron chi connectivity index (χ3n) is 2.44. The molecule has 2 aromatic heterocycles. The van der Waals surface area contributed by atoms with Crippen LogP contribution in [-0.4, -0.2) is 23.6 Å². The van der Waals surface area contributed by atoms with Gasteiger partial charge in [-0.1, -0.05) is 0 Å². The first-order chi connectivity index (χ1) is 8.08. The molecule has 6 heteroatoms. The van der Waals surface area contributed by atoms with Gasteiger partial charge in [0.15, 0.2) is 11.5 Å². The maximum atomic E-state index is 12.0. The number of fused-ring (bicyclic) bond motifs is 1. The molecule has 2 heterocycles. The molecule has 2 rings (SSSR count). The van der Waals surface area contributed by atoms with E-state index < -0.39 is 0 Å². The number of rotatable bonds is 2. The molecule has 2 aromatic rings. The Morgan fingerprint density at radius 3 is 2.53 bits per heavy atom. The number of ether oxygens (including phenoxy) is 2. The van der Waals surface area contributed by atoms with E-state index in [0.717, 1.165) is 0 Å². The molecule has 0 spiro atoms. The molecule has 0 atom stereocenters. The van der Waals surface area contributed by atoms with Gasteiger partial charge in [0.05, 0.1) is 26.1 Å². The van der Waals surface area contributed by atoms with Crippen molar-refractivity contribution in [2.75, 3.05) is 14.2 Å². The largest absolute Gasteiger partial charge is 0.493 e. The van der Waals surface area contributed by atoms with Gasteiger partial charge in [-0.2, -0.15) is 0 Å². The summed E-state index contributed by atoms with van der Waals surface area (Å²) in [5.74, 6) is 1.06. The van der Waals surface area contributed by atoms with Gasteiger partial charge in [-0.15, -0.1) is 0 Å². The van der Waals surface area contributed by atoms with Crippen molar-refractivity contribution < 1.29 is 9.47 Å². The number of aryl methyl sites for hydroxylation is 1. The molecule has 0 fully saturated rings. The van der Waals surface area contributed by atoms with Crippen LogP contribution in [0.1, 0.15) is 5.69 Å². The van der Waals surface area contributed by atoms with Gasteiger partial charge >= 0.3 is 0 Å². The van der Waals surface area contributed by atoms with E-state index in [-0.39, 0.29) is 5.56 Å². The predicted molar refractivity (Wildman–Crippen MR) is 72.0 cm³/mol. The Labute approximate surface area is 112 Å². The van der Waals surface area contributed by atoms with Crippen LogP contribution in [0.4, 0.5) is 0 Å². The summed E-state index contributed by atoms with van der Waals surface area (Å²) in [7, 11) is 3.08. The molecule has 0 N–H and O–H groups in total. The maximum Gasteiger partial charge on any atom is 0.271 e. The van der Waals surface area contributed by atoms with Crippen molar-refractivity contribution >= 4 is 28.2 Å². The topological polar surface area (TPSA) is 52.8 Å². The third kappa shape index (κ3) is 1.97. The smallest absolute Gasteiger partial charge is 0.271 e. The Balaban J connectivity index is 2.88. The van der Waals surface area contributed by atoms with Gasteiger partial charge in [0.2, 0.25) is 0 Å². The molecular formula is C11H11IN2O3. The third-order valence-corrected chi connectivity index (χ3v) is 3.68. The average molecular weight is 346 g/mol. The number of aromatic nitrogens is 2. The van der Waals surface area contributed by atoms with E-state index in [4.69, 9.17) is 9.47 Å². The Morgan fingerprint density at radius 1 is 1.29 bits per heavy atom. The zero-order valence-corrected chi connectivity index (χ0v) is 11.8. The molecule has 0 radical (unpaired) electrons. The minimum atomic E-state index is -0.103. The standard InChI is InChI=1S/C11H11IN2O3/c1-6-10(12)11(15)14-5-8(17-3)7(16-2)4-9(14)13-6/h4-5H,1-3H3. The molecule has 0 bridgehead atoms. The summed E-state index contributed by atoms with van der Waals surface area (Å²) in [5, 5.41) is 0. The number of nitrogens with zero attached hydrogens (tertiary/aromatic N) is 2. The van der Waals surface area contributed by atoms with Crippen molar-refractivity contribution in [1.29, 1.82) is 0 Å². The van der Waals surface area contributed by atoms with Gasteiger partial charge in [0, 0.05) is 6.07 Å². The van der Waals surface area contributed by atoms with E-state index in [1.807, 2.05) is 22.6 Å². The highest BCUT2D eigenvalue weighted by Crippen LogP contribution is 2.26. The molecule has 90 valence electrons. The van der Waals surface area contributed by atoms with Gasteiger partial charge in [-0.3, -0.25) is 9.20 Å². The summed E-state index contributed by atoms with van der Waals surface area (Å²) in [6.07, 6.45) is 1.59. The average Bonchev–Trinajstić information content (AvgIpc) is 2.34. The zero-order chi connectivity index (χ0) is 12.6. The van der Waals surface area contributed by atoms with Crippen molar-refractivity contribution in [2.24, 2.45) is 0 Å². The molecule has 17 heavy (non-hydrogen) atoms. The van der Waals surface area contributed by atoms with Crippen LogP contribution in [0.2, 0.25) is 0 Å². The highest BCUT2D eigenvalue weighted by atomic mass is 127. The molecule has 0 aliphatic heterocycles. The van der Waals surface area contributed by atoms with Crippen LogP contribution < -0.4 is 15.0 Å². The van der Waals surface area contributed by atoms with E-state index in [1.165, 1.54) is 11.5 Å². The Hall–Kier alpha value is -1.31. The fourth-order valence-electron chi connectivity index (χ4n) is 1.55. The lowest BCUT2D eigenvalue weighted by Gasteiger charge is -2.10. The second-order valence-corrected chi connectivity index (χ2v) is 4.53. The zero-order valence-electron chi connectivity index (χ0n) is 9.65. The second-order valence-electron chi connectivity index (χ2n) is 3.45. The fourth-order valence-corrected chi connectivity index (χ4v) is 1.93. The second kappa shape index (κ2) is 4.52. The Bertz CT molecular complexity index is 637. The van der Waals surface area contributed by atoms with Gasteiger partial charge < -0.3 is 9.47 Å². The lowest BCUT2D eigenvalue weighted by molar-refractivity contribution is 0.353. The Morgan fingerprint density at radius 2 is 1.94 bits per heavy atom. The predicted octanol–water partition coefficient (Wildman–Crippen LogP) is 1.62. The van der Waals surface area contributed by atoms with Gasteiger partial charge in [-0.05, 0) is 29.5 Å². The van der Waals surface area contributed by atoms with Crippen LogP contribution in [0.15, 0.2) is 17.1 Å². The molecule has 0 aromatic carbocycles. The first-order valence-corrected chi connectivity index (χ1v) is 5.97. The summed E-state index contributed by atoms with van der Waals surface area (Å²) in [4.78, 5) is 16.4. The molecular weight excluding hydrogens is 335 g/mol. The lowest BCUT2D eigenvalue weighted by Crippen LogP contribution is -2.19. The molecule has 0 amide bonds. The van der Waals surface area contributed by atoms with Crippen LogP contribution in [0.25, 0.3) is 5.65 Å². The quantitative estimate of drug-likeness (QED) is 0.776. The highest BCUT2D eigenvalue weighted by Gasteiger charge is 2.11. The highest BCUT2D eigenvalue weighted by molar-refractivity contribution is 14.1. The summed E-state index contributed by atoms with van der Waals surface area (Å²) < 4.78 is 12.4. The van der Waals surface area contributed by atoms with Crippen LogP contribution in [0.5, 0.6) is 11.5 Å². The van der Waals surface area contributed by atoms with Crippen molar-refractivity contribution in [3.8, 4) is 11.5 Å². The van der Waals surface area contributed by atoms with Crippen LogP contribution in [0.3, 0.4) is 0 Å². The van der Waals surface area contributed by atoms with Gasteiger partial charge in [-0.25, -0.2) is 4.98 Å². The summed E-state index contributed by atoms with van der Waals surface area (Å²) >= 11 is 1.99. The number of hydrogen-bond donors (Lipinski definition) is 0. The van der Waals surface area contributed by atoms with Gasteiger partial charge in [0.1, 0.15) is 9.22 Å². The molecule has 0 saturated heterocycles. The van der Waals surface area contributed by atoms with E-state index in [1.54, 1.807) is 26.3 Å². The summed E-state index contributed by atoms with van der Waals surface area (Å²) in [6.45, 7) is 1.81. The molecule has 0 unspecified atom stereocenters. The van der Waals surface area contributed by atoms with Crippen molar-refractivity contribution in [3.05, 3.63) is 31.9 Å². The minimum absolute atomic E-state index is 0.103. The number of methoxy groups -OCH3 is 2. The van der Waals surface area contributed by atoms with Crippen molar-refractivity contribution in [1.82, 2.24) is 9.38 Å². The molecule has 0 aliphatic carbocycles. The first-order valence-electron chi connectivity index (χ1n) is 4.89. The molecule has 5 nitrogen and oxygen atoms in total. The van der Waals surface area contributed by atoms with Crippen LogP contribution >= 0.6 is 22.6 Å². The summed E-state index contributed by atoms with van der Waals surface area (Å²) in [6, 6.07) is 1.68. The number of pyridine rings is 1. The van der Waals surface area contributed by atoms with Gasteiger partial charge in [0.25, 0.3) is 5.56 Å². The molecule has 0 aliphatic rings. The Kier molecular flexibility index (Phi) is 3.23. The monoisotopic (exact) mass is 346 g/mol. The fraction of sp³-hybridized carbons (Fsp3) is 0.273. The van der Waals surface area contributed by atoms with Crippen molar-refractivity contribution in [2.45, 2.75) is 6.92 Å². The van der Waals surface area contributed by atoms with E-state index >= 15 is 0 Å². The maximum absolute atomic E-state index is 12.0. The van der Waals surface area contributed by atoms with E-state index in [2.05, 4.69) is 4.98 Å².